The van der Waals surface area contributed by atoms with Gasteiger partial charge in [-0.2, -0.15) is 0 Å². The molecule has 8 nitrogen and oxygen atoms in total. The van der Waals surface area contributed by atoms with Crippen molar-refractivity contribution >= 4 is 23.4 Å². The normalized spacial score (nSPS) is 19.7. The number of hydrogen-bond acceptors (Lipinski definition) is 5. The molecule has 2 atom stereocenters. The summed E-state index contributed by atoms with van der Waals surface area (Å²) in [5.74, 6) is -1.38. The van der Waals surface area contributed by atoms with E-state index in [4.69, 9.17) is 0 Å². The molecular formula is C24H20FN5O3. The molecule has 2 aromatic carbocycles. The second-order valence-corrected chi connectivity index (χ2v) is 8.03. The second kappa shape index (κ2) is 8.42. The van der Waals surface area contributed by atoms with Gasteiger partial charge in [0.25, 0.3) is 11.8 Å². The summed E-state index contributed by atoms with van der Waals surface area (Å²) in [7, 11) is 0. The Balaban J connectivity index is 1.38. The number of amides is 3. The lowest BCUT2D eigenvalue weighted by Crippen LogP contribution is -2.55. The Morgan fingerprint density at radius 1 is 1.12 bits per heavy atom. The van der Waals surface area contributed by atoms with Gasteiger partial charge in [-0.15, -0.1) is 0 Å². The van der Waals surface area contributed by atoms with Crippen molar-refractivity contribution in [3.05, 3.63) is 78.1 Å². The van der Waals surface area contributed by atoms with Crippen LogP contribution in [0, 0.1) is 5.82 Å². The van der Waals surface area contributed by atoms with Gasteiger partial charge in [-0.05, 0) is 36.6 Å². The van der Waals surface area contributed by atoms with Crippen LogP contribution in [-0.4, -0.2) is 51.2 Å². The maximum absolute atomic E-state index is 14.3. The van der Waals surface area contributed by atoms with Crippen molar-refractivity contribution < 1.29 is 18.8 Å². The second-order valence-electron chi connectivity index (χ2n) is 8.03. The minimum Gasteiger partial charge on any atom is -0.348 e. The maximum atomic E-state index is 14.3. The van der Waals surface area contributed by atoms with Crippen LogP contribution in [0.1, 0.15) is 33.7 Å². The lowest BCUT2D eigenvalue weighted by atomic mass is 9.95. The van der Waals surface area contributed by atoms with Gasteiger partial charge in [0.05, 0.1) is 17.4 Å². The molecule has 1 saturated heterocycles. The average molecular weight is 445 g/mol. The van der Waals surface area contributed by atoms with E-state index >= 15 is 0 Å². The van der Waals surface area contributed by atoms with Gasteiger partial charge in [-0.3, -0.25) is 19.4 Å². The minimum absolute atomic E-state index is 0.189. The number of halogens is 1. The van der Waals surface area contributed by atoms with Gasteiger partial charge in [-0.25, -0.2) is 9.37 Å². The third-order valence-electron chi connectivity index (χ3n) is 5.99. The van der Waals surface area contributed by atoms with Crippen LogP contribution >= 0.6 is 0 Å². The number of fused-ring (bicyclic) bond motifs is 2. The highest BCUT2D eigenvalue weighted by atomic mass is 19.1. The summed E-state index contributed by atoms with van der Waals surface area (Å²) in [6, 6.07) is 10.2. The van der Waals surface area contributed by atoms with Crippen molar-refractivity contribution in [3.8, 4) is 11.1 Å². The molecule has 0 radical (unpaired) electrons. The molecule has 2 aliphatic heterocycles. The summed E-state index contributed by atoms with van der Waals surface area (Å²) in [5, 5.41) is 5.70. The zero-order chi connectivity index (χ0) is 22.9. The van der Waals surface area contributed by atoms with E-state index in [1.54, 1.807) is 36.4 Å². The van der Waals surface area contributed by atoms with Crippen molar-refractivity contribution in [2.45, 2.75) is 24.9 Å². The summed E-state index contributed by atoms with van der Waals surface area (Å²) in [6.45, 7) is 0.297. The van der Waals surface area contributed by atoms with Crippen LogP contribution in [0.2, 0.25) is 0 Å². The Labute approximate surface area is 188 Å². The van der Waals surface area contributed by atoms with Gasteiger partial charge in [0.1, 0.15) is 17.6 Å². The van der Waals surface area contributed by atoms with Crippen molar-refractivity contribution in [1.82, 2.24) is 20.2 Å². The number of rotatable bonds is 3. The zero-order valence-corrected chi connectivity index (χ0v) is 17.5. The molecule has 1 aromatic heterocycles. The first-order valence-electron chi connectivity index (χ1n) is 10.6. The molecule has 0 spiro atoms. The monoisotopic (exact) mass is 445 g/mol. The number of benzene rings is 2. The number of nitrogens with one attached hydrogen (secondary N) is 2. The van der Waals surface area contributed by atoms with Gasteiger partial charge in [-0.1, -0.05) is 24.3 Å². The number of carbonyl (C=O) groups is 3. The van der Waals surface area contributed by atoms with Crippen LogP contribution in [0.15, 0.2) is 61.1 Å². The SMILES string of the molecule is O=C(NC1CCN2C(=O)c3cc(-c4ccccc4F)ccc3NC(=O)C2C1)c1cnccn1. The molecule has 9 heteroatoms. The molecule has 0 bridgehead atoms. The van der Waals surface area contributed by atoms with E-state index in [-0.39, 0.29) is 41.7 Å². The van der Waals surface area contributed by atoms with Crippen LogP contribution in [0.25, 0.3) is 11.1 Å². The zero-order valence-electron chi connectivity index (χ0n) is 17.5. The molecule has 3 amide bonds. The van der Waals surface area contributed by atoms with E-state index in [1.807, 2.05) is 0 Å². The summed E-state index contributed by atoms with van der Waals surface area (Å²) in [6.07, 6.45) is 5.05. The lowest BCUT2D eigenvalue weighted by molar-refractivity contribution is -0.121. The van der Waals surface area contributed by atoms with Gasteiger partial charge < -0.3 is 15.5 Å². The molecule has 33 heavy (non-hydrogen) atoms. The van der Waals surface area contributed by atoms with Crippen LogP contribution in [-0.2, 0) is 4.79 Å². The van der Waals surface area contributed by atoms with Gasteiger partial charge >= 0.3 is 0 Å². The predicted octanol–water partition coefficient (Wildman–Crippen LogP) is 2.64. The molecule has 166 valence electrons. The van der Waals surface area contributed by atoms with Crippen LogP contribution < -0.4 is 10.6 Å². The van der Waals surface area contributed by atoms with Crippen molar-refractivity contribution in [2.24, 2.45) is 0 Å². The Kier molecular flexibility index (Phi) is 5.29. The highest BCUT2D eigenvalue weighted by molar-refractivity contribution is 6.10. The van der Waals surface area contributed by atoms with Crippen LogP contribution in [0.4, 0.5) is 10.1 Å². The number of carbonyl (C=O) groups excluding carboxylic acids is 3. The molecule has 3 heterocycles. The topological polar surface area (TPSA) is 104 Å². The molecule has 1 fully saturated rings. The number of nitrogens with zero attached hydrogens (tertiary/aromatic N) is 3. The first kappa shape index (κ1) is 20.7. The largest absolute Gasteiger partial charge is 0.348 e. The molecule has 0 saturated carbocycles. The fourth-order valence-corrected chi connectivity index (χ4v) is 4.33. The first-order chi connectivity index (χ1) is 16.0. The lowest BCUT2D eigenvalue weighted by Gasteiger charge is -2.37. The van der Waals surface area contributed by atoms with E-state index in [0.717, 1.165) is 0 Å². The number of hydrogen-bond donors (Lipinski definition) is 2. The standard InChI is InChI=1S/C24H20FN5O3/c25-18-4-2-1-3-16(18)14-5-6-19-17(11-14)24(33)30-10-7-15(12-21(30)23(32)29-19)28-22(31)20-13-26-8-9-27-20/h1-6,8-9,11,13,15,21H,7,10,12H2,(H,28,31)(H,29,32). The third kappa shape index (κ3) is 3.93. The van der Waals surface area contributed by atoms with Crippen molar-refractivity contribution in [1.29, 1.82) is 0 Å². The quantitative estimate of drug-likeness (QED) is 0.645. The Bertz CT molecular complexity index is 1250. The number of anilines is 1. The van der Waals surface area contributed by atoms with Crippen molar-refractivity contribution in [2.75, 3.05) is 11.9 Å². The number of aromatic nitrogens is 2. The summed E-state index contributed by atoms with van der Waals surface area (Å²) >= 11 is 0. The third-order valence-corrected chi connectivity index (χ3v) is 5.99. The predicted molar refractivity (Wildman–Crippen MR) is 118 cm³/mol. The van der Waals surface area contributed by atoms with E-state index in [1.165, 1.54) is 29.6 Å². The maximum Gasteiger partial charge on any atom is 0.271 e. The molecular weight excluding hydrogens is 425 g/mol. The van der Waals surface area contributed by atoms with E-state index < -0.39 is 6.04 Å². The summed E-state index contributed by atoms with van der Waals surface area (Å²) in [4.78, 5) is 48.2. The smallest absolute Gasteiger partial charge is 0.271 e. The molecule has 2 aliphatic rings. The van der Waals surface area contributed by atoms with Crippen molar-refractivity contribution in [3.63, 3.8) is 0 Å². The first-order valence-corrected chi connectivity index (χ1v) is 10.6. The fourth-order valence-electron chi connectivity index (χ4n) is 4.33. The molecule has 3 aromatic rings. The molecule has 5 rings (SSSR count). The Morgan fingerprint density at radius 2 is 1.97 bits per heavy atom. The van der Waals surface area contributed by atoms with E-state index in [9.17, 15) is 18.8 Å². The summed E-state index contributed by atoms with van der Waals surface area (Å²) in [5.41, 5.74) is 1.83. The van der Waals surface area contributed by atoms with Gasteiger partial charge in [0.2, 0.25) is 5.91 Å². The fraction of sp³-hybridized carbons (Fsp3) is 0.208. The van der Waals surface area contributed by atoms with Crippen LogP contribution in [0.3, 0.4) is 0 Å². The van der Waals surface area contributed by atoms with E-state index in [0.29, 0.717) is 35.3 Å². The summed E-state index contributed by atoms with van der Waals surface area (Å²) < 4.78 is 14.3. The highest BCUT2D eigenvalue weighted by Crippen LogP contribution is 2.32. The van der Waals surface area contributed by atoms with Crippen LogP contribution in [0.5, 0.6) is 0 Å². The number of piperidine rings is 1. The molecule has 2 unspecified atom stereocenters. The van der Waals surface area contributed by atoms with E-state index in [2.05, 4.69) is 20.6 Å². The highest BCUT2D eigenvalue weighted by Gasteiger charge is 2.40. The Hall–Kier alpha value is -4.14. The van der Waals surface area contributed by atoms with Gasteiger partial charge in [0.15, 0.2) is 0 Å². The van der Waals surface area contributed by atoms with Gasteiger partial charge in [0, 0.05) is 30.5 Å². The molecule has 2 N–H and O–H groups in total. The Morgan fingerprint density at radius 3 is 2.76 bits per heavy atom. The minimum atomic E-state index is -0.734. The molecule has 0 aliphatic carbocycles. The average Bonchev–Trinajstić information content (AvgIpc) is 2.94.